The van der Waals surface area contributed by atoms with Gasteiger partial charge in [0.25, 0.3) is 5.91 Å². The third-order valence-electron chi connectivity index (χ3n) is 5.49. The Balaban J connectivity index is 0.00000140. The lowest BCUT2D eigenvalue weighted by Crippen LogP contribution is -2.33. The number of carbonyl (C=O) groups is 1. The topological polar surface area (TPSA) is 66.3 Å². The highest BCUT2D eigenvalue weighted by Crippen LogP contribution is 2.32. The number of nitrogens with one attached hydrogen (secondary N) is 1. The zero-order valence-corrected chi connectivity index (χ0v) is 17.9. The molecule has 4 rings (SSSR count). The molecule has 2 aromatic rings. The van der Waals surface area contributed by atoms with Crippen molar-refractivity contribution in [2.24, 2.45) is 0 Å². The van der Waals surface area contributed by atoms with Gasteiger partial charge in [0.05, 0.1) is 23.1 Å². The molecule has 0 atom stereocenters. The Morgan fingerprint density at radius 3 is 2.50 bits per heavy atom. The monoisotopic (exact) mass is 426 g/mol. The molecule has 1 aromatic heterocycles. The lowest BCUT2D eigenvalue weighted by molar-refractivity contribution is 0.0981. The van der Waals surface area contributed by atoms with E-state index in [4.69, 9.17) is 0 Å². The van der Waals surface area contributed by atoms with Crippen LogP contribution >= 0.6 is 24.8 Å². The Bertz CT molecular complexity index is 805. The van der Waals surface area contributed by atoms with E-state index < -0.39 is 0 Å². The van der Waals surface area contributed by atoms with Gasteiger partial charge in [-0.1, -0.05) is 17.3 Å². The summed E-state index contributed by atoms with van der Waals surface area (Å²) in [5.41, 5.74) is 3.38. The van der Waals surface area contributed by atoms with Crippen molar-refractivity contribution < 1.29 is 4.79 Å². The molecule has 1 fully saturated rings. The van der Waals surface area contributed by atoms with Crippen LogP contribution < -0.4 is 15.1 Å². The number of carbonyl (C=O) groups excluding carboxylic acids is 1. The third kappa shape index (κ3) is 4.11. The second kappa shape index (κ2) is 9.58. The summed E-state index contributed by atoms with van der Waals surface area (Å²) in [4.78, 5) is 17.4. The van der Waals surface area contributed by atoms with Crippen molar-refractivity contribution in [1.29, 1.82) is 0 Å². The molecule has 1 saturated heterocycles. The zero-order valence-electron chi connectivity index (χ0n) is 16.3. The summed E-state index contributed by atoms with van der Waals surface area (Å²) in [6.45, 7) is 5.56. The minimum Gasteiger partial charge on any atom is -0.373 e. The molecular formula is C19H28Cl2N6O. The van der Waals surface area contributed by atoms with E-state index in [0.717, 1.165) is 56.0 Å². The lowest BCUT2D eigenvalue weighted by atomic mass is 10.1. The first-order valence-corrected chi connectivity index (χ1v) is 9.41. The van der Waals surface area contributed by atoms with Crippen molar-refractivity contribution in [2.75, 3.05) is 43.0 Å². The van der Waals surface area contributed by atoms with E-state index >= 15 is 0 Å². The van der Waals surface area contributed by atoms with Gasteiger partial charge in [-0.2, -0.15) is 0 Å². The number of amides is 1. The Kier molecular flexibility index (Phi) is 7.69. The summed E-state index contributed by atoms with van der Waals surface area (Å²) in [6.07, 6.45) is 2.97. The molecule has 1 aromatic carbocycles. The molecule has 3 heterocycles. The van der Waals surface area contributed by atoms with Crippen molar-refractivity contribution in [3.63, 3.8) is 0 Å². The van der Waals surface area contributed by atoms with E-state index in [9.17, 15) is 4.79 Å². The molecule has 1 N–H and O–H groups in total. The molecule has 9 heteroatoms. The molecule has 154 valence electrons. The minimum atomic E-state index is -0.0505. The van der Waals surface area contributed by atoms with Crippen molar-refractivity contribution in [1.82, 2.24) is 20.3 Å². The molecule has 0 bridgehead atoms. The maximum atomic E-state index is 13.3. The van der Waals surface area contributed by atoms with Gasteiger partial charge in [-0.05, 0) is 51.4 Å². The molecule has 0 spiro atoms. The largest absolute Gasteiger partial charge is 0.373 e. The smallest absolute Gasteiger partial charge is 0.280 e. The van der Waals surface area contributed by atoms with Crippen molar-refractivity contribution in [2.45, 2.75) is 32.2 Å². The normalized spacial score (nSPS) is 17.2. The van der Waals surface area contributed by atoms with Crippen LogP contribution in [0.1, 0.15) is 41.5 Å². The first-order chi connectivity index (χ1) is 12.7. The van der Waals surface area contributed by atoms with Crippen LogP contribution in [-0.4, -0.2) is 54.1 Å². The Morgan fingerprint density at radius 2 is 1.79 bits per heavy atom. The zero-order chi connectivity index (χ0) is 18.1. The minimum absolute atomic E-state index is 0. The molecule has 1 amide bonds. The maximum Gasteiger partial charge on any atom is 0.280 e. The highest BCUT2D eigenvalue weighted by Gasteiger charge is 2.29. The average Bonchev–Trinajstić information content (AvgIpc) is 2.98. The SMILES string of the molecule is Cc1c(C(=O)N2CCCN(C)c3ccccc32)nnn1C1CCNCC1.Cl.Cl. The van der Waals surface area contributed by atoms with Crippen molar-refractivity contribution in [3.8, 4) is 0 Å². The number of rotatable bonds is 2. The number of benzene rings is 1. The van der Waals surface area contributed by atoms with E-state index in [2.05, 4.69) is 33.6 Å². The number of para-hydroxylation sites is 2. The van der Waals surface area contributed by atoms with Gasteiger partial charge < -0.3 is 15.1 Å². The Hall–Kier alpha value is -1.83. The van der Waals surface area contributed by atoms with Crippen LogP contribution in [0.15, 0.2) is 24.3 Å². The molecule has 2 aliphatic rings. The van der Waals surface area contributed by atoms with Gasteiger partial charge in [0.2, 0.25) is 0 Å². The fourth-order valence-corrected chi connectivity index (χ4v) is 4.00. The lowest BCUT2D eigenvalue weighted by Gasteiger charge is -2.25. The average molecular weight is 427 g/mol. The number of aromatic nitrogens is 3. The van der Waals surface area contributed by atoms with E-state index in [1.165, 1.54) is 0 Å². The fraction of sp³-hybridized carbons (Fsp3) is 0.526. The number of nitrogens with zero attached hydrogens (tertiary/aromatic N) is 5. The van der Waals surface area contributed by atoms with Gasteiger partial charge in [-0.15, -0.1) is 29.9 Å². The summed E-state index contributed by atoms with van der Waals surface area (Å²) in [6, 6.07) is 8.41. The molecule has 2 aliphatic heterocycles. The number of piperidine rings is 1. The molecule has 0 unspecified atom stereocenters. The molecule has 0 saturated carbocycles. The van der Waals surface area contributed by atoms with Gasteiger partial charge in [0.1, 0.15) is 0 Å². The summed E-state index contributed by atoms with van der Waals surface area (Å²) in [5.74, 6) is -0.0505. The predicted octanol–water partition coefficient (Wildman–Crippen LogP) is 2.84. The summed E-state index contributed by atoms with van der Waals surface area (Å²) in [7, 11) is 2.07. The Morgan fingerprint density at radius 1 is 1.11 bits per heavy atom. The van der Waals surface area contributed by atoms with E-state index in [0.29, 0.717) is 18.3 Å². The Labute approximate surface area is 178 Å². The maximum absolute atomic E-state index is 13.3. The fourth-order valence-electron chi connectivity index (χ4n) is 4.00. The molecule has 0 aliphatic carbocycles. The quantitative estimate of drug-likeness (QED) is 0.799. The molecule has 7 nitrogen and oxygen atoms in total. The highest BCUT2D eigenvalue weighted by atomic mass is 35.5. The predicted molar refractivity (Wildman–Crippen MR) is 116 cm³/mol. The van der Waals surface area contributed by atoms with Crippen molar-refractivity contribution >= 4 is 42.1 Å². The van der Waals surface area contributed by atoms with Crippen LogP contribution in [0.5, 0.6) is 0 Å². The van der Waals surface area contributed by atoms with Crippen LogP contribution in [0.25, 0.3) is 0 Å². The second-order valence-corrected chi connectivity index (χ2v) is 7.17. The van der Waals surface area contributed by atoms with Crippen LogP contribution in [0.3, 0.4) is 0 Å². The number of halogens is 2. The van der Waals surface area contributed by atoms with Crippen LogP contribution in [0.4, 0.5) is 11.4 Å². The summed E-state index contributed by atoms with van der Waals surface area (Å²) in [5, 5.41) is 12.0. The molecular weight excluding hydrogens is 399 g/mol. The van der Waals surface area contributed by atoms with Crippen LogP contribution in [-0.2, 0) is 0 Å². The van der Waals surface area contributed by atoms with Gasteiger partial charge in [-0.3, -0.25) is 4.79 Å². The standard InChI is InChI=1S/C19H26N6O.2ClH/c1-14-18(21-22-25(14)15-8-10-20-11-9-15)19(26)24-13-5-12-23(2)16-6-3-4-7-17(16)24;;/h3-4,6-7,15,20H,5,8-13H2,1-2H3;2*1H. The first-order valence-electron chi connectivity index (χ1n) is 9.41. The molecule has 0 radical (unpaired) electrons. The summed E-state index contributed by atoms with van der Waals surface area (Å²) >= 11 is 0. The third-order valence-corrected chi connectivity index (χ3v) is 5.49. The van der Waals surface area contributed by atoms with Crippen molar-refractivity contribution in [3.05, 3.63) is 35.7 Å². The van der Waals surface area contributed by atoms with E-state index in [1.807, 2.05) is 34.7 Å². The first kappa shape index (κ1) is 22.5. The number of fused-ring (bicyclic) bond motifs is 1. The van der Waals surface area contributed by atoms with E-state index in [1.54, 1.807) is 0 Å². The van der Waals surface area contributed by atoms with Gasteiger partial charge in [0, 0.05) is 20.1 Å². The van der Waals surface area contributed by atoms with E-state index in [-0.39, 0.29) is 30.7 Å². The number of hydrogen-bond acceptors (Lipinski definition) is 5. The number of anilines is 2. The van der Waals surface area contributed by atoms with Gasteiger partial charge in [-0.25, -0.2) is 4.68 Å². The molecule has 28 heavy (non-hydrogen) atoms. The second-order valence-electron chi connectivity index (χ2n) is 7.17. The number of hydrogen-bond donors (Lipinski definition) is 1. The summed E-state index contributed by atoms with van der Waals surface area (Å²) < 4.78 is 1.95. The highest BCUT2D eigenvalue weighted by molar-refractivity contribution is 6.07. The van der Waals surface area contributed by atoms with Gasteiger partial charge in [0.15, 0.2) is 5.69 Å². The van der Waals surface area contributed by atoms with Crippen LogP contribution in [0, 0.1) is 6.92 Å². The van der Waals surface area contributed by atoms with Crippen LogP contribution in [0.2, 0.25) is 0 Å². The van der Waals surface area contributed by atoms with Gasteiger partial charge >= 0.3 is 0 Å².